The van der Waals surface area contributed by atoms with Gasteiger partial charge in [-0.2, -0.15) is 0 Å². The van der Waals surface area contributed by atoms with Crippen LogP contribution in [-0.4, -0.2) is 67.0 Å². The van der Waals surface area contributed by atoms with Crippen LogP contribution in [0.25, 0.3) is 0 Å². The molecule has 2 aliphatic heterocycles. The summed E-state index contributed by atoms with van der Waals surface area (Å²) in [4.78, 5) is 22.6. The first kappa shape index (κ1) is 27.4. The van der Waals surface area contributed by atoms with E-state index in [1.54, 1.807) is 18.3 Å². The Morgan fingerprint density at radius 1 is 0.833 bits per heavy atom. The fourth-order valence-electron chi connectivity index (χ4n) is 4.58. The van der Waals surface area contributed by atoms with Gasteiger partial charge >= 0.3 is 5.97 Å². The molecule has 10 heteroatoms. The van der Waals surface area contributed by atoms with Gasteiger partial charge in [-0.15, -0.1) is 24.8 Å². The summed E-state index contributed by atoms with van der Waals surface area (Å²) in [7, 11) is 0. The van der Waals surface area contributed by atoms with E-state index < -0.39 is 5.97 Å². The molecule has 1 N–H and O–H groups in total. The van der Waals surface area contributed by atoms with E-state index in [-0.39, 0.29) is 37.2 Å². The summed E-state index contributed by atoms with van der Waals surface area (Å²) in [5, 5.41) is 9.47. The lowest BCUT2D eigenvalue weighted by Crippen LogP contribution is -2.47. The highest BCUT2D eigenvalue weighted by molar-refractivity contribution is 5.93. The zero-order valence-electron chi connectivity index (χ0n) is 19.8. The smallest absolute Gasteiger partial charge is 0.339 e. The molecule has 0 saturated carbocycles. The van der Waals surface area contributed by atoms with Crippen molar-refractivity contribution in [2.75, 3.05) is 55.9 Å². The summed E-state index contributed by atoms with van der Waals surface area (Å²) in [5.41, 5.74) is 2.34. The molecule has 5 rings (SSSR count). The average Bonchev–Trinajstić information content (AvgIpc) is 2.87. The number of para-hydroxylation sites is 4. The molecule has 1 saturated heterocycles. The Labute approximate surface area is 223 Å². The molecule has 0 aliphatic carbocycles. The Kier molecular flexibility index (Phi) is 9.64. The van der Waals surface area contributed by atoms with Crippen LogP contribution >= 0.6 is 24.8 Å². The number of halogens is 2. The number of carbonyl (C=O) groups is 1. The average molecular weight is 533 g/mol. The molecule has 0 radical (unpaired) electrons. The van der Waals surface area contributed by atoms with Crippen molar-refractivity contribution in [1.82, 2.24) is 9.88 Å². The number of aromatic carboxylic acids is 1. The zero-order chi connectivity index (χ0) is 23.3. The number of pyridine rings is 1. The Morgan fingerprint density at radius 3 is 2.06 bits per heavy atom. The minimum atomic E-state index is -0.938. The number of anilines is 3. The highest BCUT2D eigenvalue weighted by Gasteiger charge is 2.24. The van der Waals surface area contributed by atoms with Crippen molar-refractivity contribution in [2.24, 2.45) is 0 Å². The molecule has 8 nitrogen and oxygen atoms in total. The molecule has 0 atom stereocenters. The van der Waals surface area contributed by atoms with Crippen molar-refractivity contribution in [3.05, 3.63) is 72.4 Å². The summed E-state index contributed by atoms with van der Waals surface area (Å²) in [6, 6.07) is 19.4. The number of hydrogen-bond donors (Lipinski definition) is 1. The second kappa shape index (κ2) is 12.7. The van der Waals surface area contributed by atoms with Gasteiger partial charge in [0.2, 0.25) is 6.79 Å². The Hall–Kier alpha value is -3.20. The highest BCUT2D eigenvalue weighted by atomic mass is 35.5. The maximum absolute atomic E-state index is 11.5. The van der Waals surface area contributed by atoms with Crippen LogP contribution in [0.2, 0.25) is 0 Å². The zero-order valence-corrected chi connectivity index (χ0v) is 21.4. The maximum Gasteiger partial charge on any atom is 0.339 e. The molecular weight excluding hydrogens is 503 g/mol. The number of rotatable bonds is 6. The number of hydrogen-bond acceptors (Lipinski definition) is 7. The van der Waals surface area contributed by atoms with E-state index in [1.807, 2.05) is 36.4 Å². The number of ether oxygens (including phenoxy) is 2. The third kappa shape index (κ3) is 5.95. The van der Waals surface area contributed by atoms with Crippen LogP contribution in [0.5, 0.6) is 11.5 Å². The Bertz CT molecular complexity index is 1110. The molecule has 1 aromatic heterocycles. The topological polar surface area (TPSA) is 78.4 Å². The predicted octanol–water partition coefficient (Wildman–Crippen LogP) is 4.70. The number of fused-ring (bicyclic) bond motifs is 2. The van der Waals surface area contributed by atoms with E-state index in [1.165, 1.54) is 0 Å². The number of benzene rings is 2. The van der Waals surface area contributed by atoms with Crippen molar-refractivity contribution in [2.45, 2.75) is 6.42 Å². The van der Waals surface area contributed by atoms with Crippen LogP contribution in [0.15, 0.2) is 66.9 Å². The van der Waals surface area contributed by atoms with Gasteiger partial charge in [-0.1, -0.05) is 24.3 Å². The second-order valence-electron chi connectivity index (χ2n) is 8.36. The van der Waals surface area contributed by atoms with Crippen molar-refractivity contribution in [3.8, 4) is 11.5 Å². The van der Waals surface area contributed by atoms with Crippen LogP contribution < -0.4 is 19.3 Å². The molecule has 0 bridgehead atoms. The number of nitrogens with zero attached hydrogens (tertiary/aromatic N) is 4. The monoisotopic (exact) mass is 532 g/mol. The number of carboxylic acid groups (broad SMARTS) is 1. The summed E-state index contributed by atoms with van der Waals surface area (Å²) < 4.78 is 11.7. The molecule has 0 amide bonds. The van der Waals surface area contributed by atoms with Crippen LogP contribution in [0, 0.1) is 0 Å². The molecule has 2 aliphatic rings. The van der Waals surface area contributed by atoms with Gasteiger partial charge in [0.1, 0.15) is 22.9 Å². The normalized spacial score (nSPS) is 15.0. The molecule has 2 aromatic carbocycles. The lowest BCUT2D eigenvalue weighted by atomic mass is 10.2. The van der Waals surface area contributed by atoms with Gasteiger partial charge in [0, 0.05) is 38.9 Å². The van der Waals surface area contributed by atoms with E-state index in [2.05, 4.69) is 31.8 Å². The van der Waals surface area contributed by atoms with Gasteiger partial charge in [-0.3, -0.25) is 4.90 Å². The standard InChI is InChI=1S/C26H28N4O4.2ClH/c31-26(32)20-7-5-12-27-25(20)29-17-15-28(16-18-29)13-6-14-30-21-8-1-3-10-23(21)33-19-34-24-11-4-2-9-22(24)30;;/h1-5,7-12H,6,13-19H2,(H,31,32);2*1H. The predicted molar refractivity (Wildman–Crippen MR) is 145 cm³/mol. The fraction of sp³-hybridized carbons (Fsp3) is 0.308. The third-order valence-corrected chi connectivity index (χ3v) is 6.29. The summed E-state index contributed by atoms with van der Waals surface area (Å²) in [6.45, 7) is 5.22. The van der Waals surface area contributed by atoms with Gasteiger partial charge in [0.25, 0.3) is 0 Å². The molecule has 36 heavy (non-hydrogen) atoms. The first-order valence-corrected chi connectivity index (χ1v) is 11.6. The van der Waals surface area contributed by atoms with Crippen LogP contribution in [0.4, 0.5) is 17.2 Å². The van der Waals surface area contributed by atoms with Gasteiger partial charge in [0.05, 0.1) is 11.4 Å². The van der Waals surface area contributed by atoms with Gasteiger partial charge in [-0.25, -0.2) is 9.78 Å². The molecule has 3 aromatic rings. The quantitative estimate of drug-likeness (QED) is 0.489. The lowest BCUT2D eigenvalue weighted by Gasteiger charge is -2.36. The first-order chi connectivity index (χ1) is 16.7. The van der Waals surface area contributed by atoms with E-state index in [4.69, 9.17) is 9.47 Å². The van der Waals surface area contributed by atoms with E-state index in [9.17, 15) is 9.90 Å². The lowest BCUT2D eigenvalue weighted by molar-refractivity contribution is 0.0697. The number of piperazine rings is 1. The van der Waals surface area contributed by atoms with Crippen LogP contribution in [-0.2, 0) is 0 Å². The maximum atomic E-state index is 11.5. The Balaban J connectivity index is 0.00000180. The molecule has 0 spiro atoms. The summed E-state index contributed by atoms with van der Waals surface area (Å²) in [6.07, 6.45) is 2.62. The molecule has 3 heterocycles. The van der Waals surface area contributed by atoms with Crippen LogP contribution in [0.3, 0.4) is 0 Å². The Morgan fingerprint density at radius 2 is 1.44 bits per heavy atom. The third-order valence-electron chi connectivity index (χ3n) is 6.29. The van der Waals surface area contributed by atoms with Crippen molar-refractivity contribution in [1.29, 1.82) is 0 Å². The van der Waals surface area contributed by atoms with Crippen LogP contribution in [0.1, 0.15) is 16.8 Å². The van der Waals surface area contributed by atoms with Gasteiger partial charge < -0.3 is 24.4 Å². The highest BCUT2D eigenvalue weighted by Crippen LogP contribution is 2.40. The largest absolute Gasteiger partial charge is 0.478 e. The van der Waals surface area contributed by atoms with Crippen molar-refractivity contribution in [3.63, 3.8) is 0 Å². The number of carboxylic acids is 1. The minimum absolute atomic E-state index is 0. The van der Waals surface area contributed by atoms with Gasteiger partial charge in [0.15, 0.2) is 0 Å². The van der Waals surface area contributed by atoms with E-state index >= 15 is 0 Å². The fourth-order valence-corrected chi connectivity index (χ4v) is 4.58. The second-order valence-corrected chi connectivity index (χ2v) is 8.36. The minimum Gasteiger partial charge on any atom is -0.478 e. The SMILES string of the molecule is Cl.Cl.O=C(O)c1cccnc1N1CCN(CCCN2c3ccccc3OCOc3ccccc32)CC1. The molecule has 1 fully saturated rings. The van der Waals surface area contributed by atoms with Gasteiger partial charge in [-0.05, 0) is 49.4 Å². The van der Waals surface area contributed by atoms with E-state index in [0.29, 0.717) is 5.82 Å². The molecule has 192 valence electrons. The first-order valence-electron chi connectivity index (χ1n) is 11.6. The number of aromatic nitrogens is 1. The van der Waals surface area contributed by atoms with Crippen molar-refractivity contribution < 1.29 is 19.4 Å². The summed E-state index contributed by atoms with van der Waals surface area (Å²) in [5.74, 6) is 1.25. The van der Waals surface area contributed by atoms with E-state index in [0.717, 1.165) is 68.6 Å². The summed E-state index contributed by atoms with van der Waals surface area (Å²) >= 11 is 0. The molecule has 0 unspecified atom stereocenters. The van der Waals surface area contributed by atoms with Crippen molar-refractivity contribution >= 4 is 48.0 Å². The molecular formula is C26H30Cl2N4O4.